The molecule has 0 aromatic heterocycles. The average Bonchev–Trinajstić information content (AvgIpc) is 2.74. The van der Waals surface area contributed by atoms with Gasteiger partial charge in [0.25, 0.3) is 0 Å². The number of esters is 1. The van der Waals surface area contributed by atoms with Crippen LogP contribution in [-0.4, -0.2) is 5.97 Å². The molecule has 0 saturated carbocycles. The van der Waals surface area contributed by atoms with Crippen LogP contribution in [-0.2, 0) is 0 Å². The molecule has 0 spiro atoms. The zero-order valence-electron chi connectivity index (χ0n) is 14.3. The molecule has 4 heteroatoms. The summed E-state index contributed by atoms with van der Waals surface area (Å²) >= 11 is 0. The standard InChI is InChI=1S/C23H14N2O2/c24-15-18(16-25)14-17-6-12-22(13-7-17)27-23(26)21-10-8-20(9-11-21)19-4-2-1-3-5-19/h1-14H. The molecule has 4 nitrogen and oxygen atoms in total. The Labute approximate surface area is 157 Å². The van der Waals surface area contributed by atoms with Crippen molar-refractivity contribution in [2.24, 2.45) is 0 Å². The van der Waals surface area contributed by atoms with Gasteiger partial charge in [0.15, 0.2) is 0 Å². The van der Waals surface area contributed by atoms with E-state index in [1.165, 1.54) is 6.08 Å². The van der Waals surface area contributed by atoms with E-state index in [-0.39, 0.29) is 5.57 Å². The van der Waals surface area contributed by atoms with E-state index in [0.717, 1.165) is 11.1 Å². The number of hydrogen-bond acceptors (Lipinski definition) is 4. The lowest BCUT2D eigenvalue weighted by Crippen LogP contribution is -2.08. The van der Waals surface area contributed by atoms with Crippen LogP contribution < -0.4 is 4.74 Å². The van der Waals surface area contributed by atoms with Crippen molar-refractivity contribution in [1.29, 1.82) is 10.5 Å². The Morgan fingerprint density at radius 3 is 1.96 bits per heavy atom. The second kappa shape index (κ2) is 8.29. The monoisotopic (exact) mass is 350 g/mol. The van der Waals surface area contributed by atoms with Gasteiger partial charge in [-0.1, -0.05) is 54.6 Å². The maximum atomic E-state index is 12.3. The maximum absolute atomic E-state index is 12.3. The van der Waals surface area contributed by atoms with E-state index in [0.29, 0.717) is 16.9 Å². The molecule has 0 saturated heterocycles. The van der Waals surface area contributed by atoms with Crippen molar-refractivity contribution in [2.45, 2.75) is 0 Å². The number of hydrogen-bond donors (Lipinski definition) is 0. The highest BCUT2D eigenvalue weighted by Crippen LogP contribution is 2.20. The van der Waals surface area contributed by atoms with E-state index >= 15 is 0 Å². The summed E-state index contributed by atoms with van der Waals surface area (Å²) in [4.78, 5) is 12.3. The van der Waals surface area contributed by atoms with Gasteiger partial charge in [-0.05, 0) is 47.0 Å². The summed E-state index contributed by atoms with van der Waals surface area (Å²) in [6.45, 7) is 0. The Morgan fingerprint density at radius 2 is 1.37 bits per heavy atom. The Kier molecular flexibility index (Phi) is 5.42. The van der Waals surface area contributed by atoms with Gasteiger partial charge in [0, 0.05) is 0 Å². The Hall–Kier alpha value is -4.15. The van der Waals surface area contributed by atoms with Crippen LogP contribution in [0.3, 0.4) is 0 Å². The second-order valence-electron chi connectivity index (χ2n) is 5.68. The minimum absolute atomic E-state index is 0.0123. The summed E-state index contributed by atoms with van der Waals surface area (Å²) in [6.07, 6.45) is 1.47. The fraction of sp³-hybridized carbons (Fsp3) is 0. The van der Waals surface area contributed by atoms with Gasteiger partial charge in [-0.15, -0.1) is 0 Å². The molecule has 0 amide bonds. The number of nitriles is 2. The molecule has 27 heavy (non-hydrogen) atoms. The van der Waals surface area contributed by atoms with E-state index < -0.39 is 5.97 Å². The first-order valence-corrected chi connectivity index (χ1v) is 8.19. The lowest BCUT2D eigenvalue weighted by Gasteiger charge is -2.06. The number of ether oxygens (including phenoxy) is 1. The third-order valence-corrected chi connectivity index (χ3v) is 3.87. The van der Waals surface area contributed by atoms with Crippen LogP contribution >= 0.6 is 0 Å². The molecule has 3 aromatic rings. The highest BCUT2D eigenvalue weighted by molar-refractivity contribution is 5.91. The first kappa shape index (κ1) is 17.7. The smallest absolute Gasteiger partial charge is 0.343 e. The minimum Gasteiger partial charge on any atom is -0.423 e. The first-order chi connectivity index (χ1) is 13.2. The molecule has 3 rings (SSSR count). The van der Waals surface area contributed by atoms with Crippen LogP contribution in [0.25, 0.3) is 17.2 Å². The van der Waals surface area contributed by atoms with Crippen molar-refractivity contribution in [3.8, 4) is 29.0 Å². The lowest BCUT2D eigenvalue weighted by atomic mass is 10.0. The molecule has 0 radical (unpaired) electrons. The van der Waals surface area contributed by atoms with Gasteiger partial charge in [-0.2, -0.15) is 10.5 Å². The number of benzene rings is 3. The van der Waals surface area contributed by atoms with E-state index in [2.05, 4.69) is 0 Å². The maximum Gasteiger partial charge on any atom is 0.343 e. The summed E-state index contributed by atoms with van der Waals surface area (Å²) in [7, 11) is 0. The Balaban J connectivity index is 1.70. The summed E-state index contributed by atoms with van der Waals surface area (Å²) in [5.74, 6) is -0.0626. The van der Waals surface area contributed by atoms with Gasteiger partial charge in [0.05, 0.1) is 5.56 Å². The van der Waals surface area contributed by atoms with Crippen molar-refractivity contribution >= 4 is 12.0 Å². The molecule has 0 heterocycles. The Bertz CT molecular complexity index is 1040. The van der Waals surface area contributed by atoms with Crippen LogP contribution in [0.1, 0.15) is 15.9 Å². The SMILES string of the molecule is N#CC(C#N)=Cc1ccc(OC(=O)c2ccc(-c3ccccc3)cc2)cc1. The van der Waals surface area contributed by atoms with E-state index in [4.69, 9.17) is 15.3 Å². The van der Waals surface area contributed by atoms with Gasteiger partial charge in [0.2, 0.25) is 0 Å². The summed E-state index contributed by atoms with van der Waals surface area (Å²) in [5, 5.41) is 17.5. The number of carbonyl (C=O) groups excluding carboxylic acids is 1. The molecule has 0 aliphatic heterocycles. The van der Waals surface area contributed by atoms with Crippen LogP contribution in [0.2, 0.25) is 0 Å². The van der Waals surface area contributed by atoms with Crippen LogP contribution in [0, 0.1) is 22.7 Å². The molecule has 0 fully saturated rings. The largest absolute Gasteiger partial charge is 0.423 e. The molecule has 0 bridgehead atoms. The minimum atomic E-state index is -0.451. The molecule has 0 unspecified atom stereocenters. The number of rotatable bonds is 4. The molecule has 0 aliphatic carbocycles. The van der Waals surface area contributed by atoms with E-state index in [1.54, 1.807) is 48.5 Å². The third-order valence-electron chi connectivity index (χ3n) is 3.87. The van der Waals surface area contributed by atoms with E-state index in [1.807, 2.05) is 42.5 Å². The van der Waals surface area contributed by atoms with Gasteiger partial charge in [-0.25, -0.2) is 4.79 Å². The fourth-order valence-corrected chi connectivity index (χ4v) is 2.48. The van der Waals surface area contributed by atoms with Crippen molar-refractivity contribution in [2.75, 3.05) is 0 Å². The lowest BCUT2D eigenvalue weighted by molar-refractivity contribution is 0.0735. The molecule has 0 aliphatic rings. The number of nitrogens with zero attached hydrogens (tertiary/aromatic N) is 2. The molecule has 3 aromatic carbocycles. The third kappa shape index (κ3) is 4.48. The van der Waals surface area contributed by atoms with Crippen LogP contribution in [0.5, 0.6) is 5.75 Å². The van der Waals surface area contributed by atoms with E-state index in [9.17, 15) is 4.79 Å². The van der Waals surface area contributed by atoms with Gasteiger partial charge >= 0.3 is 5.97 Å². The predicted octanol–water partition coefficient (Wildman–Crippen LogP) is 5.00. The van der Waals surface area contributed by atoms with Crippen molar-refractivity contribution in [1.82, 2.24) is 0 Å². The predicted molar refractivity (Wildman–Crippen MR) is 102 cm³/mol. The van der Waals surface area contributed by atoms with Gasteiger partial charge in [0.1, 0.15) is 23.5 Å². The van der Waals surface area contributed by atoms with Crippen LogP contribution in [0.4, 0.5) is 0 Å². The van der Waals surface area contributed by atoms with Crippen molar-refractivity contribution < 1.29 is 9.53 Å². The zero-order valence-corrected chi connectivity index (χ0v) is 14.3. The second-order valence-corrected chi connectivity index (χ2v) is 5.68. The quantitative estimate of drug-likeness (QED) is 0.377. The molecule has 0 atom stereocenters. The molecular formula is C23H14N2O2. The zero-order chi connectivity index (χ0) is 19.1. The van der Waals surface area contributed by atoms with Gasteiger partial charge < -0.3 is 4.74 Å². The molecular weight excluding hydrogens is 336 g/mol. The number of allylic oxidation sites excluding steroid dienone is 1. The fourth-order valence-electron chi connectivity index (χ4n) is 2.48. The summed E-state index contributed by atoms with van der Waals surface area (Å²) in [6, 6.07) is 27.3. The van der Waals surface area contributed by atoms with Crippen molar-refractivity contribution in [3.63, 3.8) is 0 Å². The molecule has 128 valence electrons. The highest BCUT2D eigenvalue weighted by atomic mass is 16.5. The first-order valence-electron chi connectivity index (χ1n) is 8.19. The Morgan fingerprint density at radius 1 is 0.778 bits per heavy atom. The highest BCUT2D eigenvalue weighted by Gasteiger charge is 2.09. The average molecular weight is 350 g/mol. The normalized spacial score (nSPS) is 9.56. The molecule has 0 N–H and O–H groups in total. The number of carbonyl (C=O) groups is 1. The van der Waals surface area contributed by atoms with Crippen molar-refractivity contribution in [3.05, 3.63) is 95.6 Å². The summed E-state index contributed by atoms with van der Waals surface area (Å²) < 4.78 is 5.37. The summed E-state index contributed by atoms with van der Waals surface area (Å²) in [5.41, 5.74) is 3.25. The van der Waals surface area contributed by atoms with Crippen LogP contribution in [0.15, 0.2) is 84.4 Å². The topological polar surface area (TPSA) is 73.9 Å². The van der Waals surface area contributed by atoms with Gasteiger partial charge in [-0.3, -0.25) is 0 Å².